The lowest BCUT2D eigenvalue weighted by atomic mass is 9.87. The fourth-order valence-electron chi connectivity index (χ4n) is 4.16. The predicted octanol–water partition coefficient (Wildman–Crippen LogP) is 4.31. The lowest BCUT2D eigenvalue weighted by Gasteiger charge is -2.18. The van der Waals surface area contributed by atoms with E-state index in [0.717, 1.165) is 11.1 Å². The zero-order valence-electron chi connectivity index (χ0n) is 14.9. The fraction of sp³-hybridized carbons (Fsp3) is 0.182. The molecule has 0 aliphatic heterocycles. The fourth-order valence-corrected chi connectivity index (χ4v) is 4.92. The smallest absolute Gasteiger partial charge is 0.225 e. The summed E-state index contributed by atoms with van der Waals surface area (Å²) in [6, 6.07) is 20.1. The van der Waals surface area contributed by atoms with E-state index in [1.165, 1.54) is 27.8 Å². The highest BCUT2D eigenvalue weighted by Crippen LogP contribution is 2.47. The summed E-state index contributed by atoms with van der Waals surface area (Å²) < 4.78 is 24.1. The molecule has 3 nitrogen and oxygen atoms in total. The van der Waals surface area contributed by atoms with Crippen molar-refractivity contribution in [1.82, 2.24) is 0 Å². The molecule has 1 aliphatic rings. The Hall–Kier alpha value is -2.43. The maximum atomic E-state index is 12.1. The molecule has 0 fully saturated rings. The van der Waals surface area contributed by atoms with E-state index < -0.39 is 10.0 Å². The summed E-state index contributed by atoms with van der Waals surface area (Å²) in [4.78, 5) is 0.225. The molecular formula is C22H21NO2S. The van der Waals surface area contributed by atoms with E-state index in [2.05, 4.69) is 43.3 Å². The molecule has 4 rings (SSSR count). The van der Waals surface area contributed by atoms with Crippen molar-refractivity contribution < 1.29 is 8.42 Å². The van der Waals surface area contributed by atoms with E-state index in [-0.39, 0.29) is 10.8 Å². The molecule has 26 heavy (non-hydrogen) atoms. The summed E-state index contributed by atoms with van der Waals surface area (Å²) in [5.41, 5.74) is 8.06. The number of hydrogen-bond acceptors (Lipinski definition) is 2. The lowest BCUT2D eigenvalue weighted by molar-refractivity contribution is 0.596. The minimum Gasteiger partial charge on any atom is -0.225 e. The quantitative estimate of drug-likeness (QED) is 0.754. The number of primary sulfonamides is 1. The van der Waals surface area contributed by atoms with Crippen LogP contribution < -0.4 is 5.14 Å². The SMILES string of the molecule is Cc1ccc(S(N)(=O)=O)c(CC2c3ccccc3-c3cccc(C)c32)c1. The molecule has 3 aromatic rings. The maximum Gasteiger partial charge on any atom is 0.238 e. The van der Waals surface area contributed by atoms with Crippen LogP contribution in [-0.2, 0) is 16.4 Å². The Bertz CT molecular complexity index is 1120. The molecule has 1 unspecified atom stereocenters. The largest absolute Gasteiger partial charge is 0.238 e. The van der Waals surface area contributed by atoms with E-state index in [1.54, 1.807) is 12.1 Å². The normalized spacial score (nSPS) is 15.6. The average Bonchev–Trinajstić information content (AvgIpc) is 2.90. The molecule has 0 bridgehead atoms. The summed E-state index contributed by atoms with van der Waals surface area (Å²) in [6.45, 7) is 4.09. The average molecular weight is 363 g/mol. The van der Waals surface area contributed by atoms with Crippen LogP contribution in [0.25, 0.3) is 11.1 Å². The van der Waals surface area contributed by atoms with Crippen molar-refractivity contribution in [3.05, 3.63) is 88.5 Å². The number of hydrogen-bond donors (Lipinski definition) is 1. The van der Waals surface area contributed by atoms with Crippen molar-refractivity contribution in [2.45, 2.75) is 31.1 Å². The summed E-state index contributed by atoms with van der Waals surface area (Å²) in [7, 11) is -3.76. The van der Waals surface area contributed by atoms with Gasteiger partial charge in [-0.25, -0.2) is 13.6 Å². The van der Waals surface area contributed by atoms with Crippen LogP contribution in [-0.4, -0.2) is 8.42 Å². The maximum absolute atomic E-state index is 12.1. The first-order valence-electron chi connectivity index (χ1n) is 8.67. The molecular weight excluding hydrogens is 342 g/mol. The zero-order chi connectivity index (χ0) is 18.5. The molecule has 1 atom stereocenters. The minimum atomic E-state index is -3.76. The first-order valence-corrected chi connectivity index (χ1v) is 10.2. The molecule has 2 N–H and O–H groups in total. The molecule has 0 spiro atoms. The van der Waals surface area contributed by atoms with Crippen LogP contribution in [0, 0.1) is 13.8 Å². The van der Waals surface area contributed by atoms with Gasteiger partial charge in [0.05, 0.1) is 4.90 Å². The second-order valence-corrected chi connectivity index (χ2v) is 8.57. The third kappa shape index (κ3) is 2.75. The highest BCUT2D eigenvalue weighted by Gasteiger charge is 2.31. The Balaban J connectivity index is 1.90. The van der Waals surface area contributed by atoms with Crippen molar-refractivity contribution in [1.29, 1.82) is 0 Å². The zero-order valence-corrected chi connectivity index (χ0v) is 15.7. The molecule has 0 radical (unpaired) electrons. The summed E-state index contributed by atoms with van der Waals surface area (Å²) in [5.74, 6) is 0.129. The van der Waals surface area contributed by atoms with E-state index >= 15 is 0 Å². The highest BCUT2D eigenvalue weighted by molar-refractivity contribution is 7.89. The molecule has 0 heterocycles. The molecule has 0 saturated heterocycles. The van der Waals surface area contributed by atoms with Gasteiger partial charge in [-0.2, -0.15) is 0 Å². The van der Waals surface area contributed by atoms with Gasteiger partial charge in [0.25, 0.3) is 0 Å². The summed E-state index contributed by atoms with van der Waals surface area (Å²) >= 11 is 0. The van der Waals surface area contributed by atoms with Crippen LogP contribution in [0.4, 0.5) is 0 Å². The van der Waals surface area contributed by atoms with Gasteiger partial charge in [0.1, 0.15) is 0 Å². The number of aryl methyl sites for hydroxylation is 2. The first-order chi connectivity index (χ1) is 12.4. The summed E-state index contributed by atoms with van der Waals surface area (Å²) in [5, 5.41) is 5.47. The number of nitrogens with two attached hydrogens (primary N) is 1. The second kappa shape index (κ2) is 6.08. The van der Waals surface area contributed by atoms with Gasteiger partial charge in [-0.3, -0.25) is 0 Å². The Labute approximate surface area is 154 Å². The molecule has 4 heteroatoms. The molecule has 3 aromatic carbocycles. The Morgan fingerprint density at radius 3 is 2.42 bits per heavy atom. The third-order valence-corrected chi connectivity index (χ3v) is 6.26. The molecule has 132 valence electrons. The van der Waals surface area contributed by atoms with Crippen molar-refractivity contribution in [2.75, 3.05) is 0 Å². The molecule has 1 aliphatic carbocycles. The van der Waals surface area contributed by atoms with Gasteiger partial charge >= 0.3 is 0 Å². The van der Waals surface area contributed by atoms with Crippen LogP contribution in [0.1, 0.15) is 33.7 Å². The van der Waals surface area contributed by atoms with Crippen molar-refractivity contribution in [2.24, 2.45) is 5.14 Å². The van der Waals surface area contributed by atoms with Crippen LogP contribution in [0.15, 0.2) is 65.6 Å². The van der Waals surface area contributed by atoms with Gasteiger partial charge in [0.15, 0.2) is 0 Å². The predicted molar refractivity (Wildman–Crippen MR) is 105 cm³/mol. The van der Waals surface area contributed by atoms with Gasteiger partial charge in [0.2, 0.25) is 10.0 Å². The van der Waals surface area contributed by atoms with E-state index in [1.807, 2.05) is 19.1 Å². The molecule has 0 amide bonds. The van der Waals surface area contributed by atoms with Crippen LogP contribution >= 0.6 is 0 Å². The number of sulfonamides is 1. The van der Waals surface area contributed by atoms with E-state index in [9.17, 15) is 8.42 Å². The van der Waals surface area contributed by atoms with Gasteiger partial charge < -0.3 is 0 Å². The van der Waals surface area contributed by atoms with Crippen LogP contribution in [0.2, 0.25) is 0 Å². The topological polar surface area (TPSA) is 60.2 Å². The highest BCUT2D eigenvalue weighted by atomic mass is 32.2. The number of fused-ring (bicyclic) bond motifs is 3. The Kier molecular flexibility index (Phi) is 3.98. The Morgan fingerprint density at radius 2 is 1.65 bits per heavy atom. The van der Waals surface area contributed by atoms with Gasteiger partial charge in [-0.1, -0.05) is 60.2 Å². The van der Waals surface area contributed by atoms with Crippen LogP contribution in [0.5, 0.6) is 0 Å². The number of benzene rings is 3. The minimum absolute atomic E-state index is 0.129. The van der Waals surface area contributed by atoms with E-state index in [0.29, 0.717) is 6.42 Å². The van der Waals surface area contributed by atoms with E-state index in [4.69, 9.17) is 5.14 Å². The van der Waals surface area contributed by atoms with Gasteiger partial charge in [-0.15, -0.1) is 0 Å². The van der Waals surface area contributed by atoms with Crippen LogP contribution in [0.3, 0.4) is 0 Å². The van der Waals surface area contributed by atoms with Crippen molar-refractivity contribution in [3.63, 3.8) is 0 Å². The molecule has 0 saturated carbocycles. The summed E-state index contributed by atoms with van der Waals surface area (Å²) in [6.07, 6.45) is 0.613. The monoisotopic (exact) mass is 363 g/mol. The van der Waals surface area contributed by atoms with Crippen molar-refractivity contribution >= 4 is 10.0 Å². The first kappa shape index (κ1) is 17.0. The standard InChI is InChI=1S/C22H21NO2S/c1-14-10-11-21(26(23,24)25)16(12-14)13-20-18-8-4-3-7-17(18)19-9-5-6-15(2)22(19)20/h3-12,20H,13H2,1-2H3,(H2,23,24,25). The van der Waals surface area contributed by atoms with Gasteiger partial charge in [0, 0.05) is 5.92 Å². The second-order valence-electron chi connectivity index (χ2n) is 7.04. The Morgan fingerprint density at radius 1 is 0.923 bits per heavy atom. The third-order valence-electron chi connectivity index (χ3n) is 5.25. The number of rotatable bonds is 3. The van der Waals surface area contributed by atoms with Crippen molar-refractivity contribution in [3.8, 4) is 11.1 Å². The molecule has 0 aromatic heterocycles. The van der Waals surface area contributed by atoms with Gasteiger partial charge in [-0.05, 0) is 59.7 Å². The lowest BCUT2D eigenvalue weighted by Crippen LogP contribution is -2.16.